The van der Waals surface area contributed by atoms with E-state index in [0.29, 0.717) is 12.1 Å². The van der Waals surface area contributed by atoms with Crippen molar-refractivity contribution in [1.29, 1.82) is 0 Å². The molecule has 3 aromatic rings. The van der Waals surface area contributed by atoms with Crippen molar-refractivity contribution in [2.45, 2.75) is 33.2 Å². The van der Waals surface area contributed by atoms with Gasteiger partial charge in [-0.1, -0.05) is 48.9 Å². The van der Waals surface area contributed by atoms with Gasteiger partial charge in [-0.3, -0.25) is 9.59 Å². The van der Waals surface area contributed by atoms with E-state index in [1.807, 2.05) is 38.1 Å². The summed E-state index contributed by atoms with van der Waals surface area (Å²) < 4.78 is 15.4. The molecule has 0 spiro atoms. The number of carbonyl (C=O) groups excluding carboxylic acids is 1. The number of halogens is 1. The van der Waals surface area contributed by atoms with Gasteiger partial charge in [0.1, 0.15) is 11.5 Å². The maximum Gasteiger partial charge on any atom is 0.276 e. The van der Waals surface area contributed by atoms with Gasteiger partial charge in [-0.2, -0.15) is 5.10 Å². The summed E-state index contributed by atoms with van der Waals surface area (Å²) in [5.41, 5.74) is 1.93. The lowest BCUT2D eigenvalue weighted by atomic mass is 10.0. The van der Waals surface area contributed by atoms with Gasteiger partial charge in [0, 0.05) is 11.8 Å². The van der Waals surface area contributed by atoms with E-state index < -0.39 is 17.2 Å². The Morgan fingerprint density at radius 1 is 1.14 bits per heavy atom. The molecule has 6 heteroatoms. The van der Waals surface area contributed by atoms with Crippen molar-refractivity contribution in [3.05, 3.63) is 93.2 Å². The van der Waals surface area contributed by atoms with E-state index in [2.05, 4.69) is 10.4 Å². The molecule has 0 aliphatic heterocycles. The third kappa shape index (κ3) is 4.01. The summed E-state index contributed by atoms with van der Waals surface area (Å²) >= 11 is 0. The number of aryl methyl sites for hydroxylation is 2. The number of nitrogens with zero attached hydrogens (tertiary/aromatic N) is 2. The van der Waals surface area contributed by atoms with Crippen LogP contribution in [0.1, 0.15) is 46.7 Å². The molecule has 144 valence electrons. The van der Waals surface area contributed by atoms with Crippen LogP contribution in [0.4, 0.5) is 4.39 Å². The van der Waals surface area contributed by atoms with Gasteiger partial charge in [0.2, 0.25) is 5.43 Å². The molecular formula is C22H22FN3O2. The SMILES string of the molecule is CCC(NC(=O)c1nn(-c2ccccc2F)c(C)cc1=O)c1ccc(C)cc1. The van der Waals surface area contributed by atoms with Gasteiger partial charge in [-0.05, 0) is 38.0 Å². The Morgan fingerprint density at radius 2 is 1.82 bits per heavy atom. The van der Waals surface area contributed by atoms with E-state index in [-0.39, 0.29) is 17.4 Å². The molecule has 0 saturated carbocycles. The second-order valence-corrected chi connectivity index (χ2v) is 6.71. The Balaban J connectivity index is 1.95. The van der Waals surface area contributed by atoms with Crippen molar-refractivity contribution in [2.75, 3.05) is 0 Å². The third-order valence-electron chi connectivity index (χ3n) is 4.60. The van der Waals surface area contributed by atoms with E-state index in [9.17, 15) is 14.0 Å². The Morgan fingerprint density at radius 3 is 2.46 bits per heavy atom. The Labute approximate surface area is 162 Å². The summed E-state index contributed by atoms with van der Waals surface area (Å²) in [6, 6.07) is 15.0. The summed E-state index contributed by atoms with van der Waals surface area (Å²) in [5, 5.41) is 7.01. The van der Waals surface area contributed by atoms with Crippen LogP contribution in [0.5, 0.6) is 0 Å². The maximum atomic E-state index is 14.2. The Kier molecular flexibility index (Phi) is 5.68. The molecule has 2 aromatic carbocycles. The van der Waals surface area contributed by atoms with Gasteiger partial charge >= 0.3 is 0 Å². The number of carbonyl (C=O) groups is 1. The largest absolute Gasteiger partial charge is 0.344 e. The quantitative estimate of drug-likeness (QED) is 0.732. The lowest BCUT2D eigenvalue weighted by Gasteiger charge is -2.18. The number of benzene rings is 2. The highest BCUT2D eigenvalue weighted by Gasteiger charge is 2.20. The van der Waals surface area contributed by atoms with Crippen molar-refractivity contribution in [3.63, 3.8) is 0 Å². The predicted octanol–water partition coefficient (Wildman–Crippen LogP) is 3.87. The van der Waals surface area contributed by atoms with Crippen LogP contribution in [0.2, 0.25) is 0 Å². The lowest BCUT2D eigenvalue weighted by molar-refractivity contribution is 0.0927. The fourth-order valence-corrected chi connectivity index (χ4v) is 3.02. The monoisotopic (exact) mass is 379 g/mol. The summed E-state index contributed by atoms with van der Waals surface area (Å²) in [6.45, 7) is 5.58. The number of hydrogen-bond donors (Lipinski definition) is 1. The van der Waals surface area contributed by atoms with E-state index in [1.165, 1.54) is 16.8 Å². The predicted molar refractivity (Wildman–Crippen MR) is 106 cm³/mol. The second kappa shape index (κ2) is 8.17. The van der Waals surface area contributed by atoms with Gasteiger partial charge < -0.3 is 5.32 Å². The molecule has 1 aromatic heterocycles. The van der Waals surface area contributed by atoms with Gasteiger partial charge in [0.05, 0.1) is 6.04 Å². The zero-order valence-electron chi connectivity index (χ0n) is 16.1. The molecule has 0 saturated heterocycles. The highest BCUT2D eigenvalue weighted by atomic mass is 19.1. The van der Waals surface area contributed by atoms with Gasteiger partial charge in [-0.25, -0.2) is 9.07 Å². The number of hydrogen-bond acceptors (Lipinski definition) is 3. The van der Waals surface area contributed by atoms with Crippen LogP contribution in [-0.2, 0) is 0 Å². The average molecular weight is 379 g/mol. The van der Waals surface area contributed by atoms with Crippen LogP contribution in [0.15, 0.2) is 59.4 Å². The molecule has 0 radical (unpaired) electrons. The van der Waals surface area contributed by atoms with Crippen LogP contribution < -0.4 is 10.7 Å². The minimum Gasteiger partial charge on any atom is -0.344 e. The summed E-state index contributed by atoms with van der Waals surface area (Å²) in [6.07, 6.45) is 0.655. The molecule has 1 unspecified atom stereocenters. The third-order valence-corrected chi connectivity index (χ3v) is 4.60. The summed E-state index contributed by atoms with van der Waals surface area (Å²) in [4.78, 5) is 25.1. The molecule has 28 heavy (non-hydrogen) atoms. The van der Waals surface area contributed by atoms with Gasteiger partial charge in [0.25, 0.3) is 5.91 Å². The van der Waals surface area contributed by atoms with E-state index >= 15 is 0 Å². The summed E-state index contributed by atoms with van der Waals surface area (Å²) in [5.74, 6) is -1.07. The highest BCUT2D eigenvalue weighted by molar-refractivity contribution is 5.92. The molecule has 0 fully saturated rings. The number of aromatic nitrogens is 2. The standard InChI is InChI=1S/C22H22FN3O2/c1-4-18(16-11-9-14(2)10-12-16)24-22(28)21-20(27)13-15(3)26(25-21)19-8-6-5-7-17(19)23/h5-13,18H,4H2,1-3H3,(H,24,28). The fraction of sp³-hybridized carbons (Fsp3) is 0.227. The normalized spacial score (nSPS) is 11.9. The Bertz CT molecular complexity index is 1060. The Hall–Kier alpha value is -3.28. The zero-order chi connectivity index (χ0) is 20.3. The smallest absolute Gasteiger partial charge is 0.276 e. The van der Waals surface area contributed by atoms with Crippen molar-refractivity contribution in [1.82, 2.24) is 15.1 Å². The van der Waals surface area contributed by atoms with E-state index in [4.69, 9.17) is 0 Å². The minimum absolute atomic E-state index is 0.180. The first-order valence-corrected chi connectivity index (χ1v) is 9.14. The first kappa shape index (κ1) is 19.5. The molecule has 3 rings (SSSR count). The van der Waals surface area contributed by atoms with Gasteiger partial charge in [-0.15, -0.1) is 0 Å². The van der Waals surface area contributed by atoms with Crippen LogP contribution >= 0.6 is 0 Å². The number of para-hydroxylation sites is 1. The summed E-state index contributed by atoms with van der Waals surface area (Å²) in [7, 11) is 0. The maximum absolute atomic E-state index is 14.2. The van der Waals surface area contributed by atoms with Gasteiger partial charge in [0.15, 0.2) is 5.69 Å². The first-order chi connectivity index (χ1) is 13.4. The molecular weight excluding hydrogens is 357 g/mol. The highest BCUT2D eigenvalue weighted by Crippen LogP contribution is 2.18. The van der Waals surface area contributed by atoms with Crippen molar-refractivity contribution in [2.24, 2.45) is 0 Å². The second-order valence-electron chi connectivity index (χ2n) is 6.71. The molecule has 1 amide bonds. The molecule has 0 aliphatic carbocycles. The van der Waals surface area contributed by atoms with E-state index in [1.54, 1.807) is 25.1 Å². The number of nitrogens with one attached hydrogen (secondary N) is 1. The van der Waals surface area contributed by atoms with Crippen LogP contribution in [0.3, 0.4) is 0 Å². The molecule has 0 bridgehead atoms. The molecule has 5 nitrogen and oxygen atoms in total. The van der Waals surface area contributed by atoms with Crippen molar-refractivity contribution >= 4 is 5.91 Å². The van der Waals surface area contributed by atoms with Crippen molar-refractivity contribution < 1.29 is 9.18 Å². The zero-order valence-corrected chi connectivity index (χ0v) is 16.1. The minimum atomic E-state index is -0.581. The lowest BCUT2D eigenvalue weighted by Crippen LogP contribution is -2.34. The number of amides is 1. The molecule has 1 heterocycles. The average Bonchev–Trinajstić information content (AvgIpc) is 2.67. The van der Waals surface area contributed by atoms with Crippen LogP contribution in [0, 0.1) is 19.7 Å². The molecule has 1 N–H and O–H groups in total. The van der Waals surface area contributed by atoms with Crippen LogP contribution in [0.25, 0.3) is 5.69 Å². The van der Waals surface area contributed by atoms with Crippen LogP contribution in [-0.4, -0.2) is 15.7 Å². The first-order valence-electron chi connectivity index (χ1n) is 9.14. The molecule has 0 aliphatic rings. The molecule has 1 atom stereocenters. The van der Waals surface area contributed by atoms with Crippen molar-refractivity contribution in [3.8, 4) is 5.69 Å². The fourth-order valence-electron chi connectivity index (χ4n) is 3.02. The number of rotatable bonds is 5. The van der Waals surface area contributed by atoms with E-state index in [0.717, 1.165) is 11.1 Å². The topological polar surface area (TPSA) is 64.0 Å².